The van der Waals surface area contributed by atoms with Crippen LogP contribution in [0.5, 0.6) is 0 Å². The van der Waals surface area contributed by atoms with Crippen LogP contribution in [0.4, 0.5) is 5.69 Å². The van der Waals surface area contributed by atoms with E-state index in [1.165, 1.54) is 12.6 Å². The van der Waals surface area contributed by atoms with Crippen LogP contribution in [0, 0.1) is 5.92 Å². The van der Waals surface area contributed by atoms with Gasteiger partial charge < -0.3 is 26.9 Å². The molecule has 0 heterocycles. The van der Waals surface area contributed by atoms with E-state index in [1.807, 2.05) is 19.9 Å². The Balaban J connectivity index is 2.00. The Bertz CT molecular complexity index is 701. The maximum atomic E-state index is 12.7. The van der Waals surface area contributed by atoms with Crippen molar-refractivity contribution in [2.75, 3.05) is 11.9 Å². The summed E-state index contributed by atoms with van der Waals surface area (Å²) in [5, 5.41) is 22.1. The summed E-state index contributed by atoms with van der Waals surface area (Å²) in [5.41, 5.74) is 1.41. The molecule has 0 aliphatic heterocycles. The normalized spacial score (nSPS) is 17.1. The fourth-order valence-electron chi connectivity index (χ4n) is 3.52. The first kappa shape index (κ1) is 22.7. The highest BCUT2D eigenvalue weighted by Gasteiger charge is 2.29. The number of amides is 2. The van der Waals surface area contributed by atoms with Crippen LogP contribution in [0.25, 0.3) is 0 Å². The van der Waals surface area contributed by atoms with Crippen LogP contribution in [0.2, 0.25) is 0 Å². The smallest absolute Gasteiger partial charge is 0.245 e. The molecule has 0 saturated heterocycles. The van der Waals surface area contributed by atoms with E-state index in [2.05, 4.69) is 21.1 Å². The van der Waals surface area contributed by atoms with Crippen molar-refractivity contribution in [1.29, 1.82) is 0 Å². The van der Waals surface area contributed by atoms with Crippen molar-refractivity contribution in [3.63, 3.8) is 0 Å². The lowest BCUT2D eigenvalue weighted by Crippen LogP contribution is -2.55. The molecule has 1 aromatic rings. The highest BCUT2D eigenvalue weighted by atomic mass is 16.3. The lowest BCUT2D eigenvalue weighted by atomic mass is 9.94. The number of benzene rings is 1. The molecule has 1 saturated carbocycles. The van der Waals surface area contributed by atoms with Crippen molar-refractivity contribution in [3.05, 3.63) is 29.8 Å². The van der Waals surface area contributed by atoms with Gasteiger partial charge in [-0.1, -0.05) is 45.2 Å². The first-order chi connectivity index (χ1) is 13.9. The lowest BCUT2D eigenvalue weighted by Gasteiger charge is -2.28. The number of carbonyl (C=O) groups excluding carboxylic acids is 2. The van der Waals surface area contributed by atoms with E-state index in [4.69, 9.17) is 5.84 Å². The predicted octanol–water partition coefficient (Wildman–Crippen LogP) is 1.34. The van der Waals surface area contributed by atoms with Crippen LogP contribution < -0.4 is 21.8 Å². The molecule has 1 aliphatic carbocycles. The Kier molecular flexibility index (Phi) is 8.92. The van der Waals surface area contributed by atoms with Gasteiger partial charge in [0.15, 0.2) is 0 Å². The standard InChI is InChI=1S/C21H33N5O3/c1-14(2)19(21(29)25-16-8-4-3-5-9-16)26-20(28)18(13-27)24-17-10-6-7-15(11-17)12-23-22/h6-7,10-12,14,16,18-19,24,27H,3-5,8-9,13,22H2,1-2H3,(H,25,29)(H,26,28). The van der Waals surface area contributed by atoms with Gasteiger partial charge in [0.1, 0.15) is 12.1 Å². The number of anilines is 1. The second-order valence-electron chi connectivity index (χ2n) is 7.86. The Morgan fingerprint density at radius 2 is 1.97 bits per heavy atom. The summed E-state index contributed by atoms with van der Waals surface area (Å²) >= 11 is 0. The summed E-state index contributed by atoms with van der Waals surface area (Å²) in [6.45, 7) is 3.38. The van der Waals surface area contributed by atoms with Crippen molar-refractivity contribution in [3.8, 4) is 0 Å². The van der Waals surface area contributed by atoms with E-state index in [-0.39, 0.29) is 17.9 Å². The topological polar surface area (TPSA) is 129 Å². The maximum Gasteiger partial charge on any atom is 0.245 e. The molecule has 2 rings (SSSR count). The number of aliphatic hydroxyl groups excluding tert-OH is 1. The van der Waals surface area contributed by atoms with Crippen LogP contribution in [-0.4, -0.2) is 47.9 Å². The number of aliphatic hydroxyl groups is 1. The lowest BCUT2D eigenvalue weighted by molar-refractivity contribution is -0.131. The van der Waals surface area contributed by atoms with Gasteiger partial charge in [0.2, 0.25) is 11.8 Å². The molecular formula is C21H33N5O3. The van der Waals surface area contributed by atoms with Crippen LogP contribution >= 0.6 is 0 Å². The molecule has 1 fully saturated rings. The van der Waals surface area contributed by atoms with Gasteiger partial charge in [0.25, 0.3) is 0 Å². The minimum Gasteiger partial charge on any atom is -0.394 e. The summed E-state index contributed by atoms with van der Waals surface area (Å²) < 4.78 is 0. The van der Waals surface area contributed by atoms with Gasteiger partial charge in [-0.2, -0.15) is 5.10 Å². The first-order valence-corrected chi connectivity index (χ1v) is 10.3. The summed E-state index contributed by atoms with van der Waals surface area (Å²) in [4.78, 5) is 25.5. The Morgan fingerprint density at radius 3 is 2.59 bits per heavy atom. The van der Waals surface area contributed by atoms with Crippen molar-refractivity contribution < 1.29 is 14.7 Å². The van der Waals surface area contributed by atoms with Crippen molar-refractivity contribution in [2.24, 2.45) is 16.9 Å². The fraction of sp³-hybridized carbons (Fsp3) is 0.571. The number of hydrazone groups is 1. The number of carbonyl (C=O) groups is 2. The third-order valence-corrected chi connectivity index (χ3v) is 5.15. The average molecular weight is 404 g/mol. The first-order valence-electron chi connectivity index (χ1n) is 10.3. The fourth-order valence-corrected chi connectivity index (χ4v) is 3.52. The van der Waals surface area contributed by atoms with Crippen molar-refractivity contribution in [2.45, 2.75) is 64.1 Å². The zero-order chi connectivity index (χ0) is 21.2. The molecule has 0 spiro atoms. The van der Waals surface area contributed by atoms with Gasteiger partial charge in [-0.25, -0.2) is 0 Å². The van der Waals surface area contributed by atoms with Crippen LogP contribution in [0.3, 0.4) is 0 Å². The SMILES string of the molecule is CC(C)C(NC(=O)C(CO)Nc1cccc(C=NN)c1)C(=O)NC1CCCCC1. The predicted molar refractivity (Wildman–Crippen MR) is 115 cm³/mol. The number of nitrogens with one attached hydrogen (secondary N) is 3. The van der Waals surface area contributed by atoms with Gasteiger partial charge in [-0.3, -0.25) is 9.59 Å². The summed E-state index contributed by atoms with van der Waals surface area (Å²) in [6, 6.07) is 5.79. The zero-order valence-corrected chi connectivity index (χ0v) is 17.2. The Hall–Kier alpha value is -2.61. The van der Waals surface area contributed by atoms with E-state index in [1.54, 1.807) is 18.2 Å². The second kappa shape index (κ2) is 11.4. The minimum absolute atomic E-state index is 0.0778. The number of hydrogen-bond donors (Lipinski definition) is 5. The monoisotopic (exact) mass is 403 g/mol. The van der Waals surface area contributed by atoms with Gasteiger partial charge in [-0.15, -0.1) is 0 Å². The van der Waals surface area contributed by atoms with Gasteiger partial charge in [0, 0.05) is 11.7 Å². The minimum atomic E-state index is -0.885. The molecule has 6 N–H and O–H groups in total. The maximum absolute atomic E-state index is 12.7. The number of hydrogen-bond acceptors (Lipinski definition) is 6. The number of nitrogens with two attached hydrogens (primary N) is 1. The molecule has 2 unspecified atom stereocenters. The second-order valence-corrected chi connectivity index (χ2v) is 7.86. The van der Waals surface area contributed by atoms with Crippen LogP contribution in [0.15, 0.2) is 29.4 Å². The molecule has 160 valence electrons. The van der Waals surface area contributed by atoms with Crippen LogP contribution in [-0.2, 0) is 9.59 Å². The van der Waals surface area contributed by atoms with Gasteiger partial charge in [0.05, 0.1) is 12.8 Å². The quantitative estimate of drug-likeness (QED) is 0.241. The molecular weight excluding hydrogens is 370 g/mol. The Labute approximate surface area is 172 Å². The van der Waals surface area contributed by atoms with E-state index in [0.717, 1.165) is 31.2 Å². The highest BCUT2D eigenvalue weighted by molar-refractivity contribution is 5.91. The Morgan fingerprint density at radius 1 is 1.24 bits per heavy atom. The van der Waals surface area contributed by atoms with Crippen LogP contribution in [0.1, 0.15) is 51.5 Å². The molecule has 8 heteroatoms. The van der Waals surface area contributed by atoms with E-state index in [9.17, 15) is 14.7 Å². The molecule has 2 atom stereocenters. The van der Waals surface area contributed by atoms with Crippen molar-refractivity contribution >= 4 is 23.7 Å². The molecule has 1 aliphatic rings. The van der Waals surface area contributed by atoms with Crippen molar-refractivity contribution in [1.82, 2.24) is 10.6 Å². The number of rotatable bonds is 9. The molecule has 29 heavy (non-hydrogen) atoms. The summed E-state index contributed by atoms with van der Waals surface area (Å²) in [6.07, 6.45) is 6.90. The molecule has 0 bridgehead atoms. The highest BCUT2D eigenvalue weighted by Crippen LogP contribution is 2.18. The average Bonchev–Trinajstić information content (AvgIpc) is 2.71. The molecule has 0 aromatic heterocycles. The third kappa shape index (κ3) is 7.05. The van der Waals surface area contributed by atoms with Gasteiger partial charge in [-0.05, 0) is 36.5 Å². The molecule has 0 radical (unpaired) electrons. The molecule has 2 amide bonds. The van der Waals surface area contributed by atoms with Gasteiger partial charge >= 0.3 is 0 Å². The van der Waals surface area contributed by atoms with E-state index in [0.29, 0.717) is 5.69 Å². The summed E-state index contributed by atoms with van der Waals surface area (Å²) in [7, 11) is 0. The van der Waals surface area contributed by atoms with E-state index < -0.39 is 24.6 Å². The largest absolute Gasteiger partial charge is 0.394 e. The zero-order valence-electron chi connectivity index (χ0n) is 17.2. The van der Waals surface area contributed by atoms with E-state index >= 15 is 0 Å². The molecule has 8 nitrogen and oxygen atoms in total. The third-order valence-electron chi connectivity index (χ3n) is 5.15. The summed E-state index contributed by atoms with van der Waals surface area (Å²) in [5.74, 6) is 4.50. The molecule has 1 aromatic carbocycles. The number of nitrogens with zero attached hydrogens (tertiary/aromatic N) is 1.